The molecule has 1 fully saturated rings. The number of rotatable bonds is 2. The van der Waals surface area contributed by atoms with E-state index in [1.165, 1.54) is 0 Å². The number of benzene rings is 1. The van der Waals surface area contributed by atoms with Crippen LogP contribution in [0.15, 0.2) is 30.3 Å². The van der Waals surface area contributed by atoms with Crippen LogP contribution in [0, 0.1) is 5.21 Å². The quantitative estimate of drug-likeness (QED) is 0.321. The number of ether oxygens (including phenoxy) is 1. The summed E-state index contributed by atoms with van der Waals surface area (Å²) >= 11 is 0. The van der Waals surface area contributed by atoms with E-state index in [1.807, 2.05) is 30.3 Å². The van der Waals surface area contributed by atoms with Gasteiger partial charge in [0, 0.05) is 12.0 Å². The summed E-state index contributed by atoms with van der Waals surface area (Å²) < 4.78 is 6.32. The molecule has 1 aromatic carbocycles. The summed E-state index contributed by atoms with van der Waals surface area (Å²) in [4.78, 5) is 0. The lowest BCUT2D eigenvalue weighted by molar-refractivity contribution is -0.558. The third-order valence-corrected chi connectivity index (χ3v) is 2.52. The summed E-state index contributed by atoms with van der Waals surface area (Å²) in [5, 5.41) is 11.7. The standard InChI is InChI=1S/C12H15NO2/c14-13(12-8-4-5-9-15-12)10-11-6-2-1-3-7-11/h1-3,6-7,10,12H,4-5,8-9H2/b13-10-. The maximum Gasteiger partial charge on any atom is 0.267 e. The van der Waals surface area contributed by atoms with Crippen molar-refractivity contribution >= 4 is 6.21 Å². The molecule has 2 rings (SSSR count). The minimum Gasteiger partial charge on any atom is -0.622 e. The number of hydrogen-bond acceptors (Lipinski definition) is 2. The lowest BCUT2D eigenvalue weighted by Gasteiger charge is -2.21. The fourth-order valence-electron chi connectivity index (χ4n) is 1.69. The third-order valence-electron chi connectivity index (χ3n) is 2.52. The highest BCUT2D eigenvalue weighted by Gasteiger charge is 2.19. The molecule has 0 N–H and O–H groups in total. The molecular formula is C12H15NO2. The molecule has 0 radical (unpaired) electrons. The predicted octanol–water partition coefficient (Wildman–Crippen LogP) is 2.14. The van der Waals surface area contributed by atoms with Crippen LogP contribution in [0.25, 0.3) is 0 Å². The molecule has 1 aliphatic rings. The first kappa shape index (κ1) is 10.2. The van der Waals surface area contributed by atoms with E-state index in [4.69, 9.17) is 4.74 Å². The largest absolute Gasteiger partial charge is 0.622 e. The molecular weight excluding hydrogens is 190 g/mol. The van der Waals surface area contributed by atoms with E-state index < -0.39 is 0 Å². The molecule has 1 unspecified atom stereocenters. The Bertz CT molecular complexity index is 329. The Labute approximate surface area is 89.6 Å². The van der Waals surface area contributed by atoms with Crippen molar-refractivity contribution in [3.05, 3.63) is 41.1 Å². The Morgan fingerprint density at radius 3 is 2.73 bits per heavy atom. The van der Waals surface area contributed by atoms with Gasteiger partial charge in [-0.15, -0.1) is 0 Å². The Kier molecular flexibility index (Phi) is 3.35. The highest BCUT2D eigenvalue weighted by Crippen LogP contribution is 2.13. The highest BCUT2D eigenvalue weighted by molar-refractivity contribution is 5.75. The van der Waals surface area contributed by atoms with Gasteiger partial charge in [-0.2, -0.15) is 4.74 Å². The maximum absolute atomic E-state index is 11.7. The van der Waals surface area contributed by atoms with Gasteiger partial charge in [-0.1, -0.05) is 18.2 Å². The fraction of sp³-hybridized carbons (Fsp3) is 0.417. The molecule has 0 saturated carbocycles. The van der Waals surface area contributed by atoms with Crippen molar-refractivity contribution < 1.29 is 9.48 Å². The van der Waals surface area contributed by atoms with Gasteiger partial charge in [-0.25, -0.2) is 0 Å². The summed E-state index contributed by atoms with van der Waals surface area (Å²) in [7, 11) is 0. The summed E-state index contributed by atoms with van der Waals surface area (Å²) in [5.74, 6) is 0. The second kappa shape index (κ2) is 4.94. The SMILES string of the molecule is [O-]/[N+](=C\c1ccccc1)C1CCCCO1. The zero-order valence-corrected chi connectivity index (χ0v) is 8.63. The molecule has 0 spiro atoms. The Hall–Kier alpha value is -1.35. The van der Waals surface area contributed by atoms with Crippen LogP contribution in [0.5, 0.6) is 0 Å². The van der Waals surface area contributed by atoms with Crippen molar-refractivity contribution in [3.8, 4) is 0 Å². The normalized spacial score (nSPS) is 22.7. The van der Waals surface area contributed by atoms with Crippen LogP contribution in [-0.4, -0.2) is 23.8 Å². The molecule has 1 atom stereocenters. The Morgan fingerprint density at radius 1 is 1.27 bits per heavy atom. The van der Waals surface area contributed by atoms with Crippen LogP contribution in [0.3, 0.4) is 0 Å². The first-order valence-corrected chi connectivity index (χ1v) is 5.33. The second-order valence-corrected chi connectivity index (χ2v) is 3.72. The van der Waals surface area contributed by atoms with Crippen LogP contribution < -0.4 is 0 Å². The average molecular weight is 205 g/mol. The molecule has 0 aromatic heterocycles. The second-order valence-electron chi connectivity index (χ2n) is 3.72. The molecule has 1 aromatic rings. The molecule has 80 valence electrons. The Morgan fingerprint density at radius 2 is 2.07 bits per heavy atom. The fourth-order valence-corrected chi connectivity index (χ4v) is 1.69. The molecule has 0 bridgehead atoms. The van der Waals surface area contributed by atoms with Gasteiger partial charge in [0.15, 0.2) is 6.21 Å². The topological polar surface area (TPSA) is 35.3 Å². The lowest BCUT2D eigenvalue weighted by atomic mass is 10.2. The first-order valence-electron chi connectivity index (χ1n) is 5.33. The van der Waals surface area contributed by atoms with E-state index in [2.05, 4.69) is 0 Å². The predicted molar refractivity (Wildman–Crippen MR) is 58.8 cm³/mol. The van der Waals surface area contributed by atoms with Crippen LogP contribution in [0.2, 0.25) is 0 Å². The third kappa shape index (κ3) is 2.80. The zero-order valence-electron chi connectivity index (χ0n) is 8.63. The lowest BCUT2D eigenvalue weighted by Crippen LogP contribution is -2.29. The van der Waals surface area contributed by atoms with Gasteiger partial charge in [0.2, 0.25) is 0 Å². The minimum atomic E-state index is -0.293. The van der Waals surface area contributed by atoms with Crippen molar-refractivity contribution in [1.82, 2.24) is 0 Å². The molecule has 0 aliphatic carbocycles. The van der Waals surface area contributed by atoms with Crippen molar-refractivity contribution in [3.63, 3.8) is 0 Å². The average Bonchev–Trinajstić information content (AvgIpc) is 2.31. The van der Waals surface area contributed by atoms with E-state index in [0.717, 1.165) is 29.6 Å². The first-order chi connectivity index (χ1) is 7.36. The van der Waals surface area contributed by atoms with Crippen LogP contribution in [-0.2, 0) is 4.74 Å². The molecule has 3 heteroatoms. The zero-order chi connectivity index (χ0) is 10.5. The van der Waals surface area contributed by atoms with Gasteiger partial charge in [-0.3, -0.25) is 0 Å². The number of hydroxylamine groups is 1. The highest BCUT2D eigenvalue weighted by atomic mass is 16.6. The van der Waals surface area contributed by atoms with Crippen molar-refractivity contribution in [2.75, 3.05) is 6.61 Å². The van der Waals surface area contributed by atoms with Crippen LogP contribution >= 0.6 is 0 Å². The van der Waals surface area contributed by atoms with E-state index in [-0.39, 0.29) is 6.23 Å². The van der Waals surface area contributed by atoms with Crippen LogP contribution in [0.1, 0.15) is 24.8 Å². The van der Waals surface area contributed by atoms with Gasteiger partial charge >= 0.3 is 0 Å². The van der Waals surface area contributed by atoms with Gasteiger partial charge < -0.3 is 9.94 Å². The van der Waals surface area contributed by atoms with Crippen molar-refractivity contribution in [2.24, 2.45) is 0 Å². The van der Waals surface area contributed by atoms with Crippen LogP contribution in [0.4, 0.5) is 0 Å². The molecule has 1 saturated heterocycles. The van der Waals surface area contributed by atoms with E-state index >= 15 is 0 Å². The van der Waals surface area contributed by atoms with Gasteiger partial charge in [0.25, 0.3) is 6.23 Å². The minimum absolute atomic E-state index is 0.293. The molecule has 3 nitrogen and oxygen atoms in total. The smallest absolute Gasteiger partial charge is 0.267 e. The van der Waals surface area contributed by atoms with E-state index in [1.54, 1.807) is 6.21 Å². The molecule has 0 amide bonds. The van der Waals surface area contributed by atoms with Gasteiger partial charge in [0.1, 0.15) is 0 Å². The Balaban J connectivity index is 2.06. The van der Waals surface area contributed by atoms with E-state index in [0.29, 0.717) is 6.61 Å². The molecule has 1 aliphatic heterocycles. The number of nitrogens with zero attached hydrogens (tertiary/aromatic N) is 1. The van der Waals surface area contributed by atoms with Gasteiger partial charge in [0.05, 0.1) is 6.61 Å². The van der Waals surface area contributed by atoms with Crippen molar-refractivity contribution in [1.29, 1.82) is 0 Å². The van der Waals surface area contributed by atoms with Crippen molar-refractivity contribution in [2.45, 2.75) is 25.5 Å². The van der Waals surface area contributed by atoms with Gasteiger partial charge in [-0.05, 0) is 25.0 Å². The summed E-state index contributed by atoms with van der Waals surface area (Å²) in [6.07, 6.45) is 4.27. The molecule has 15 heavy (non-hydrogen) atoms. The maximum atomic E-state index is 11.7. The summed E-state index contributed by atoms with van der Waals surface area (Å²) in [6, 6.07) is 9.59. The number of hydrogen-bond donors (Lipinski definition) is 0. The summed E-state index contributed by atoms with van der Waals surface area (Å²) in [5.41, 5.74) is 0.918. The molecule has 1 heterocycles. The monoisotopic (exact) mass is 205 g/mol. The summed E-state index contributed by atoms with van der Waals surface area (Å²) in [6.45, 7) is 0.700. The van der Waals surface area contributed by atoms with E-state index in [9.17, 15) is 5.21 Å².